The van der Waals surface area contributed by atoms with E-state index in [1.54, 1.807) is 18.5 Å². The average Bonchev–Trinajstić information content (AvgIpc) is 3.39. The van der Waals surface area contributed by atoms with Crippen molar-refractivity contribution in [2.45, 2.75) is 44.2 Å². The molecule has 8 heteroatoms. The summed E-state index contributed by atoms with van der Waals surface area (Å²) >= 11 is 6.19. The van der Waals surface area contributed by atoms with Gasteiger partial charge < -0.3 is 9.47 Å². The second-order valence-corrected chi connectivity index (χ2v) is 11.4. The summed E-state index contributed by atoms with van der Waals surface area (Å²) in [6.45, 7) is 0.696. The molecule has 0 radical (unpaired) electrons. The normalized spacial score (nSPS) is 17.7. The summed E-state index contributed by atoms with van der Waals surface area (Å²) in [6, 6.07) is 9.57. The van der Waals surface area contributed by atoms with Crippen molar-refractivity contribution >= 4 is 43.9 Å². The number of carbonyl (C=O) groups is 1. The zero-order valence-electron chi connectivity index (χ0n) is 17.3. The smallest absolute Gasteiger partial charge is 0.238 e. The molecule has 1 aromatic carbocycles. The third kappa shape index (κ3) is 3.44. The Labute approximate surface area is 186 Å². The van der Waals surface area contributed by atoms with E-state index in [4.69, 9.17) is 11.6 Å². The molecule has 1 spiro atoms. The largest absolute Gasteiger partial charge is 0.342 e. The van der Waals surface area contributed by atoms with E-state index < -0.39 is 15.3 Å². The van der Waals surface area contributed by atoms with Crippen molar-refractivity contribution in [3.8, 4) is 0 Å². The van der Waals surface area contributed by atoms with E-state index >= 15 is 0 Å². The molecule has 0 bridgehead atoms. The maximum Gasteiger partial charge on any atom is 0.238 e. The van der Waals surface area contributed by atoms with Crippen molar-refractivity contribution in [2.75, 3.05) is 16.9 Å². The lowest BCUT2D eigenvalue weighted by Gasteiger charge is -2.24. The van der Waals surface area contributed by atoms with Gasteiger partial charge in [0.2, 0.25) is 5.91 Å². The molecule has 1 amide bonds. The van der Waals surface area contributed by atoms with Gasteiger partial charge in [0.15, 0.2) is 0 Å². The molecule has 2 aliphatic rings. The van der Waals surface area contributed by atoms with Gasteiger partial charge in [-0.2, -0.15) is 0 Å². The second kappa shape index (κ2) is 7.35. The van der Waals surface area contributed by atoms with Crippen molar-refractivity contribution in [3.63, 3.8) is 0 Å². The summed E-state index contributed by atoms with van der Waals surface area (Å²) < 4.78 is 25.7. The molecule has 2 aromatic heterocycles. The molecule has 0 atom stereocenters. The summed E-state index contributed by atoms with van der Waals surface area (Å²) in [5.74, 6) is 0.161. The first-order valence-electron chi connectivity index (χ1n) is 10.5. The van der Waals surface area contributed by atoms with Crippen molar-refractivity contribution in [1.82, 2.24) is 9.55 Å². The Morgan fingerprint density at radius 3 is 2.68 bits per heavy atom. The minimum absolute atomic E-state index is 0.0302. The van der Waals surface area contributed by atoms with E-state index in [1.807, 2.05) is 33.7 Å². The van der Waals surface area contributed by atoms with Crippen LogP contribution in [0.25, 0.3) is 10.9 Å². The number of halogens is 1. The number of carbonyl (C=O) groups excluding carboxylic acids is 1. The van der Waals surface area contributed by atoms with Gasteiger partial charge >= 0.3 is 0 Å². The maximum absolute atomic E-state index is 13.7. The molecule has 3 heterocycles. The number of benzene rings is 1. The highest BCUT2D eigenvalue weighted by Gasteiger charge is 2.52. The Bertz CT molecular complexity index is 1290. The minimum Gasteiger partial charge on any atom is -0.342 e. The Morgan fingerprint density at radius 1 is 1.16 bits per heavy atom. The standard InChI is InChI=1S/C23H24ClN3O3S/c1-31(29,30)11-10-26-18(13-16-12-17(24)4-5-20(16)26)15-27-21-14-25-9-6-19(21)23(22(27)28)7-2-3-8-23/h4-6,9,12-14H,2-3,7-8,10-11,15H2,1H3. The number of amides is 1. The van der Waals surface area contributed by atoms with E-state index in [1.165, 1.54) is 6.26 Å². The number of rotatable bonds is 5. The first-order valence-corrected chi connectivity index (χ1v) is 12.9. The maximum atomic E-state index is 13.7. The molecule has 0 unspecified atom stereocenters. The fourth-order valence-corrected chi connectivity index (χ4v) is 5.92. The van der Waals surface area contributed by atoms with Crippen LogP contribution in [0.5, 0.6) is 0 Å². The van der Waals surface area contributed by atoms with Gasteiger partial charge in [0.1, 0.15) is 9.84 Å². The first kappa shape index (κ1) is 20.5. The molecule has 1 aliphatic heterocycles. The second-order valence-electron chi connectivity index (χ2n) is 8.69. The lowest BCUT2D eigenvalue weighted by atomic mass is 9.80. The summed E-state index contributed by atoms with van der Waals surface area (Å²) in [6.07, 6.45) is 8.62. The van der Waals surface area contributed by atoms with Gasteiger partial charge in [-0.25, -0.2) is 8.42 Å². The molecule has 0 saturated heterocycles. The highest BCUT2D eigenvalue weighted by Crippen LogP contribution is 2.51. The number of hydrogen-bond donors (Lipinski definition) is 0. The van der Waals surface area contributed by atoms with Crippen LogP contribution in [-0.2, 0) is 33.1 Å². The fraction of sp³-hybridized carbons (Fsp3) is 0.391. The van der Waals surface area contributed by atoms with Crippen LogP contribution in [0.1, 0.15) is 36.9 Å². The van der Waals surface area contributed by atoms with Gasteiger partial charge in [0.25, 0.3) is 0 Å². The van der Waals surface area contributed by atoms with Crippen molar-refractivity contribution < 1.29 is 13.2 Å². The third-order valence-corrected chi connectivity index (χ3v) is 7.83. The zero-order chi connectivity index (χ0) is 21.8. The number of anilines is 1. The SMILES string of the molecule is CS(=O)(=O)CCn1c(CN2C(=O)C3(CCCC3)c3ccncc32)cc2cc(Cl)ccc21. The predicted octanol–water partition coefficient (Wildman–Crippen LogP) is 4.09. The minimum atomic E-state index is -3.14. The molecule has 1 saturated carbocycles. The quantitative estimate of drug-likeness (QED) is 0.578. The zero-order valence-corrected chi connectivity index (χ0v) is 18.9. The van der Waals surface area contributed by atoms with Crippen LogP contribution in [-0.4, -0.2) is 35.9 Å². The number of aromatic nitrogens is 2. The van der Waals surface area contributed by atoms with E-state index in [0.29, 0.717) is 18.1 Å². The highest BCUT2D eigenvalue weighted by atomic mass is 35.5. The van der Waals surface area contributed by atoms with Crippen molar-refractivity contribution in [2.24, 2.45) is 0 Å². The molecule has 6 nitrogen and oxygen atoms in total. The van der Waals surface area contributed by atoms with Crippen molar-refractivity contribution in [3.05, 3.63) is 59.0 Å². The number of nitrogens with zero attached hydrogens (tertiary/aromatic N) is 3. The van der Waals surface area contributed by atoms with Crippen LogP contribution in [0.15, 0.2) is 42.7 Å². The lowest BCUT2D eigenvalue weighted by Crippen LogP contribution is -2.38. The predicted molar refractivity (Wildman–Crippen MR) is 122 cm³/mol. The van der Waals surface area contributed by atoms with Gasteiger partial charge in [-0.3, -0.25) is 9.78 Å². The van der Waals surface area contributed by atoms with E-state index in [0.717, 1.165) is 53.5 Å². The van der Waals surface area contributed by atoms with Crippen LogP contribution in [0, 0.1) is 0 Å². The topological polar surface area (TPSA) is 72.3 Å². The molecule has 1 aliphatic carbocycles. The Hall–Kier alpha value is -2.38. The Morgan fingerprint density at radius 2 is 1.94 bits per heavy atom. The third-order valence-electron chi connectivity index (χ3n) is 6.67. The lowest BCUT2D eigenvalue weighted by molar-refractivity contribution is -0.123. The van der Waals surface area contributed by atoms with Gasteiger partial charge in [0, 0.05) is 40.6 Å². The summed E-state index contributed by atoms with van der Waals surface area (Å²) in [4.78, 5) is 19.8. The van der Waals surface area contributed by atoms with Crippen molar-refractivity contribution in [1.29, 1.82) is 0 Å². The molecule has 162 valence electrons. The molecule has 0 N–H and O–H groups in total. The van der Waals surface area contributed by atoms with Gasteiger partial charge in [0.05, 0.1) is 29.6 Å². The highest BCUT2D eigenvalue weighted by molar-refractivity contribution is 7.90. The molecule has 1 fully saturated rings. The molecule has 5 rings (SSSR count). The molecule has 3 aromatic rings. The van der Waals surface area contributed by atoms with Crippen LogP contribution in [0.3, 0.4) is 0 Å². The Balaban J connectivity index is 1.58. The van der Waals surface area contributed by atoms with Crippen LogP contribution < -0.4 is 4.90 Å². The number of sulfone groups is 1. The molecular weight excluding hydrogens is 434 g/mol. The van der Waals surface area contributed by atoms with Gasteiger partial charge in [-0.1, -0.05) is 24.4 Å². The number of hydrogen-bond acceptors (Lipinski definition) is 4. The number of pyridine rings is 1. The van der Waals surface area contributed by atoms with E-state index in [-0.39, 0.29) is 11.7 Å². The van der Waals surface area contributed by atoms with Crippen LogP contribution in [0.4, 0.5) is 5.69 Å². The number of aryl methyl sites for hydroxylation is 1. The fourth-order valence-electron chi connectivity index (χ4n) is 5.22. The van der Waals surface area contributed by atoms with Crippen LogP contribution in [0.2, 0.25) is 5.02 Å². The molecular formula is C23H24ClN3O3S. The van der Waals surface area contributed by atoms with E-state index in [9.17, 15) is 13.2 Å². The first-order chi connectivity index (χ1) is 14.8. The summed E-state index contributed by atoms with van der Waals surface area (Å²) in [5.41, 5.74) is 3.31. The van der Waals surface area contributed by atoms with E-state index in [2.05, 4.69) is 4.98 Å². The summed E-state index contributed by atoms with van der Waals surface area (Å²) in [7, 11) is -3.14. The molecule has 31 heavy (non-hydrogen) atoms. The average molecular weight is 458 g/mol. The Kier molecular flexibility index (Phi) is 4.86. The van der Waals surface area contributed by atoms with Crippen LogP contribution >= 0.6 is 11.6 Å². The monoisotopic (exact) mass is 457 g/mol. The number of fused-ring (bicyclic) bond motifs is 3. The van der Waals surface area contributed by atoms with Gasteiger partial charge in [-0.15, -0.1) is 0 Å². The summed E-state index contributed by atoms with van der Waals surface area (Å²) in [5, 5.41) is 1.56. The van der Waals surface area contributed by atoms with Gasteiger partial charge in [-0.05, 0) is 48.7 Å².